The largest absolute Gasteiger partial charge is 0.313 e. The highest BCUT2D eigenvalue weighted by Crippen LogP contribution is 2.35. The number of nitrogens with zero attached hydrogens (tertiary/aromatic N) is 4. The summed E-state index contributed by atoms with van der Waals surface area (Å²) in [6.07, 6.45) is 1.89. The summed E-state index contributed by atoms with van der Waals surface area (Å²) in [6, 6.07) is 15.2. The van der Waals surface area contributed by atoms with Gasteiger partial charge in [0.1, 0.15) is 0 Å². The number of fused-ring (bicyclic) bond motifs is 2. The van der Waals surface area contributed by atoms with E-state index in [1.807, 2.05) is 13.2 Å². The van der Waals surface area contributed by atoms with Gasteiger partial charge in [-0.1, -0.05) is 45.0 Å². The lowest BCUT2D eigenvalue weighted by molar-refractivity contribution is 0.596. The third-order valence-corrected chi connectivity index (χ3v) is 5.34. The number of hydrogen-bond acceptors (Lipinski definition) is 2. The standard InChI is InChI=1S/C23H26N4/c1-23(2,3)18-14-16(13-15-9-7-8-10-17(15)18)20-21-19(11-12-25-20)26(5)22(24-4)27(21)6/h7-14H,1-6H3. The van der Waals surface area contributed by atoms with E-state index in [1.165, 1.54) is 16.3 Å². The topological polar surface area (TPSA) is 35.1 Å². The van der Waals surface area contributed by atoms with Crippen molar-refractivity contribution in [3.8, 4) is 11.3 Å². The molecule has 4 rings (SSSR count). The van der Waals surface area contributed by atoms with E-state index in [0.29, 0.717) is 0 Å². The molecule has 0 unspecified atom stereocenters. The van der Waals surface area contributed by atoms with Crippen LogP contribution in [0, 0.1) is 0 Å². The van der Waals surface area contributed by atoms with Crippen LogP contribution in [0.5, 0.6) is 0 Å². The van der Waals surface area contributed by atoms with E-state index in [0.717, 1.165) is 27.9 Å². The van der Waals surface area contributed by atoms with Crippen molar-refractivity contribution in [2.45, 2.75) is 26.2 Å². The molecule has 138 valence electrons. The van der Waals surface area contributed by atoms with Crippen molar-refractivity contribution >= 4 is 21.8 Å². The molecule has 0 fully saturated rings. The van der Waals surface area contributed by atoms with Gasteiger partial charge >= 0.3 is 0 Å². The van der Waals surface area contributed by atoms with Crippen LogP contribution in [-0.2, 0) is 19.5 Å². The van der Waals surface area contributed by atoms with Crippen LogP contribution >= 0.6 is 0 Å². The molecule has 0 saturated heterocycles. The van der Waals surface area contributed by atoms with Crippen LogP contribution in [0.1, 0.15) is 26.3 Å². The molecule has 0 radical (unpaired) electrons. The lowest BCUT2D eigenvalue weighted by atomic mass is 9.82. The molecule has 0 aliphatic heterocycles. The number of aryl methyl sites for hydroxylation is 2. The highest BCUT2D eigenvalue weighted by Gasteiger charge is 2.20. The molecule has 0 aliphatic rings. The molecule has 0 saturated carbocycles. The van der Waals surface area contributed by atoms with Crippen molar-refractivity contribution in [3.63, 3.8) is 0 Å². The third kappa shape index (κ3) is 2.67. The molecule has 2 heterocycles. The number of hydrogen-bond donors (Lipinski definition) is 0. The van der Waals surface area contributed by atoms with E-state index < -0.39 is 0 Å². The van der Waals surface area contributed by atoms with Crippen molar-refractivity contribution < 1.29 is 0 Å². The van der Waals surface area contributed by atoms with Gasteiger partial charge in [0.15, 0.2) is 0 Å². The number of imidazole rings is 1. The Morgan fingerprint density at radius 1 is 0.963 bits per heavy atom. The molecule has 0 bridgehead atoms. The third-order valence-electron chi connectivity index (χ3n) is 5.34. The Kier molecular flexibility index (Phi) is 3.95. The predicted molar refractivity (Wildman–Crippen MR) is 113 cm³/mol. The zero-order valence-electron chi connectivity index (χ0n) is 16.9. The maximum absolute atomic E-state index is 4.78. The second-order valence-electron chi connectivity index (χ2n) is 8.16. The predicted octanol–water partition coefficient (Wildman–Crippen LogP) is 4.56. The normalized spacial score (nSPS) is 13.0. The molecule has 0 amide bonds. The Bertz CT molecular complexity index is 1230. The van der Waals surface area contributed by atoms with Gasteiger partial charge < -0.3 is 9.13 Å². The minimum Gasteiger partial charge on any atom is -0.313 e. The summed E-state index contributed by atoms with van der Waals surface area (Å²) in [4.78, 5) is 9.23. The second kappa shape index (κ2) is 6.08. The SMILES string of the molecule is CN=c1n(C)c2ccnc(-c3cc(C(C)(C)C)c4ccccc4c3)c2n1C. The first-order valence-electron chi connectivity index (χ1n) is 9.30. The number of rotatable bonds is 1. The number of benzene rings is 2. The summed E-state index contributed by atoms with van der Waals surface area (Å²) in [5.74, 6) is 0. The van der Waals surface area contributed by atoms with E-state index in [4.69, 9.17) is 4.98 Å². The number of pyridine rings is 1. The van der Waals surface area contributed by atoms with Crippen LogP contribution in [0.15, 0.2) is 53.7 Å². The lowest BCUT2D eigenvalue weighted by Gasteiger charge is -2.23. The van der Waals surface area contributed by atoms with Crippen LogP contribution in [0.25, 0.3) is 33.1 Å². The van der Waals surface area contributed by atoms with Gasteiger partial charge in [-0.05, 0) is 39.9 Å². The molecule has 0 spiro atoms. The van der Waals surface area contributed by atoms with Gasteiger partial charge in [0.05, 0.1) is 16.7 Å². The molecule has 4 aromatic rings. The van der Waals surface area contributed by atoms with Crippen LogP contribution in [0.2, 0.25) is 0 Å². The Hall–Kier alpha value is -2.88. The van der Waals surface area contributed by atoms with Gasteiger partial charge in [-0.15, -0.1) is 0 Å². The van der Waals surface area contributed by atoms with Crippen molar-refractivity contribution in [1.29, 1.82) is 0 Å². The summed E-state index contributed by atoms with van der Waals surface area (Å²) in [5, 5.41) is 2.56. The van der Waals surface area contributed by atoms with Crippen molar-refractivity contribution in [1.82, 2.24) is 14.1 Å². The summed E-state index contributed by atoms with van der Waals surface area (Å²) >= 11 is 0. The fourth-order valence-electron chi connectivity index (χ4n) is 4.06. The van der Waals surface area contributed by atoms with Crippen molar-refractivity contribution in [2.75, 3.05) is 7.05 Å². The first-order chi connectivity index (χ1) is 12.8. The van der Waals surface area contributed by atoms with Crippen LogP contribution in [0.3, 0.4) is 0 Å². The minimum absolute atomic E-state index is 0.0479. The van der Waals surface area contributed by atoms with Crippen LogP contribution in [-0.4, -0.2) is 21.2 Å². The maximum atomic E-state index is 4.78. The summed E-state index contributed by atoms with van der Waals surface area (Å²) in [5.41, 5.74) is 6.70. The molecule has 4 nitrogen and oxygen atoms in total. The summed E-state index contributed by atoms with van der Waals surface area (Å²) < 4.78 is 4.25. The van der Waals surface area contributed by atoms with Crippen LogP contribution in [0.4, 0.5) is 0 Å². The van der Waals surface area contributed by atoms with E-state index in [-0.39, 0.29) is 5.41 Å². The smallest absolute Gasteiger partial charge is 0.205 e. The molecule has 27 heavy (non-hydrogen) atoms. The average molecular weight is 358 g/mol. The maximum Gasteiger partial charge on any atom is 0.205 e. The summed E-state index contributed by atoms with van der Waals surface area (Å²) in [7, 11) is 5.94. The molecular weight excluding hydrogens is 332 g/mol. The monoisotopic (exact) mass is 358 g/mol. The van der Waals surface area contributed by atoms with Gasteiger partial charge in [0.2, 0.25) is 5.62 Å². The van der Waals surface area contributed by atoms with E-state index in [9.17, 15) is 0 Å². The van der Waals surface area contributed by atoms with Gasteiger partial charge in [0.25, 0.3) is 0 Å². The molecule has 2 aromatic heterocycles. The molecule has 0 aliphatic carbocycles. The van der Waals surface area contributed by atoms with E-state index in [2.05, 4.69) is 91.5 Å². The van der Waals surface area contributed by atoms with Gasteiger partial charge in [-0.25, -0.2) is 0 Å². The zero-order valence-corrected chi connectivity index (χ0v) is 16.9. The Morgan fingerprint density at radius 3 is 2.41 bits per heavy atom. The minimum atomic E-state index is 0.0479. The quantitative estimate of drug-likeness (QED) is 0.491. The first-order valence-corrected chi connectivity index (χ1v) is 9.30. The zero-order chi connectivity index (χ0) is 19.3. The Labute approximate surface area is 159 Å². The van der Waals surface area contributed by atoms with Gasteiger partial charge in [0, 0.05) is 32.9 Å². The molecule has 0 atom stereocenters. The molecule has 4 heteroatoms. The molecule has 2 aromatic carbocycles. The first kappa shape index (κ1) is 17.5. The lowest BCUT2D eigenvalue weighted by Crippen LogP contribution is -2.21. The molecular formula is C23H26N4. The van der Waals surface area contributed by atoms with E-state index in [1.54, 1.807) is 0 Å². The second-order valence-corrected chi connectivity index (χ2v) is 8.16. The van der Waals surface area contributed by atoms with Crippen molar-refractivity contribution in [2.24, 2.45) is 19.1 Å². The van der Waals surface area contributed by atoms with E-state index >= 15 is 0 Å². The number of aromatic nitrogens is 3. The highest BCUT2D eigenvalue weighted by atomic mass is 15.2. The molecule has 0 N–H and O–H groups in total. The fourth-order valence-corrected chi connectivity index (χ4v) is 4.06. The van der Waals surface area contributed by atoms with Gasteiger partial charge in [-0.2, -0.15) is 0 Å². The van der Waals surface area contributed by atoms with Crippen LogP contribution < -0.4 is 5.62 Å². The van der Waals surface area contributed by atoms with Crippen molar-refractivity contribution in [3.05, 3.63) is 59.8 Å². The highest BCUT2D eigenvalue weighted by molar-refractivity contribution is 5.96. The Morgan fingerprint density at radius 2 is 1.70 bits per heavy atom. The Balaban J connectivity index is 2.13. The van der Waals surface area contributed by atoms with Gasteiger partial charge in [-0.3, -0.25) is 9.98 Å². The summed E-state index contributed by atoms with van der Waals surface area (Å²) in [6.45, 7) is 6.80. The average Bonchev–Trinajstić information content (AvgIpc) is 2.90. The fraction of sp³-hybridized carbons (Fsp3) is 0.304.